The maximum atomic E-state index is 14.7. The molecule has 186 valence electrons. The Labute approximate surface area is 194 Å². The molecule has 3 saturated carbocycles. The van der Waals surface area contributed by atoms with Crippen molar-refractivity contribution in [2.75, 3.05) is 5.32 Å². The molecule has 2 aromatic heterocycles. The summed E-state index contributed by atoms with van der Waals surface area (Å²) in [5.74, 6) is -1.03. The van der Waals surface area contributed by atoms with Crippen LogP contribution in [-0.2, 0) is 12.6 Å². The Balaban J connectivity index is 1.57. The zero-order chi connectivity index (χ0) is 25.5. The van der Waals surface area contributed by atoms with Crippen LogP contribution in [0.1, 0.15) is 49.8 Å². The fourth-order valence-electron chi connectivity index (χ4n) is 5.44. The van der Waals surface area contributed by atoms with Crippen molar-refractivity contribution < 1.29 is 26.3 Å². The predicted octanol–water partition coefficient (Wildman–Crippen LogP) is 4.79. The molecule has 3 aliphatic carbocycles. The Bertz CT molecular complexity index is 1460. The molecule has 3 fully saturated rings. The number of fused-ring (bicyclic) bond motifs is 1. The second-order valence-corrected chi connectivity index (χ2v) is 9.54. The highest BCUT2D eigenvalue weighted by Gasteiger charge is 2.79. The molecule has 0 saturated heterocycles. The first kappa shape index (κ1) is 23.4. The first-order valence-electron chi connectivity index (χ1n) is 10.8. The third-order valence-corrected chi connectivity index (χ3v) is 7.31. The number of aryl methyl sites for hydroxylation is 1. The minimum absolute atomic E-state index is 0.0163. The lowest BCUT2D eigenvalue weighted by atomic mass is 9.39. The van der Waals surface area contributed by atoms with Gasteiger partial charge in [-0.15, -0.1) is 0 Å². The number of benzene rings is 1. The van der Waals surface area contributed by atoms with Crippen LogP contribution in [0.5, 0.6) is 0 Å². The number of pyridine rings is 1. The number of halogens is 6. The number of rotatable bonds is 5. The van der Waals surface area contributed by atoms with Crippen molar-refractivity contribution in [3.05, 3.63) is 68.1 Å². The molecule has 0 amide bonds. The van der Waals surface area contributed by atoms with E-state index in [0.717, 1.165) is 16.8 Å². The standard InChI is InChI=1S/C23H20F6N4O2/c1-11(12-4-3-5-13(17(12)24)18(25)26)30-19-15-7-33(16(34)6-14(15)20(35)32(2)31-19)22-8-21(9-22,10-22)23(27,28)29/h3-7,11,18H,8-10H2,1-2H3,(H,30,31)/t11-,21?,22?/m1/s1. The molecule has 0 spiro atoms. The lowest BCUT2D eigenvalue weighted by molar-refractivity contribution is -0.354. The average molecular weight is 498 g/mol. The van der Waals surface area contributed by atoms with Gasteiger partial charge in [0.1, 0.15) is 5.82 Å². The van der Waals surface area contributed by atoms with Crippen molar-refractivity contribution in [3.8, 4) is 0 Å². The van der Waals surface area contributed by atoms with Crippen molar-refractivity contribution >= 4 is 16.6 Å². The smallest absolute Gasteiger partial charge is 0.361 e. The Kier molecular flexibility index (Phi) is 4.92. The number of nitrogens with zero attached hydrogens (tertiary/aromatic N) is 3. The lowest BCUT2D eigenvalue weighted by Gasteiger charge is -2.70. The van der Waals surface area contributed by atoms with Crippen molar-refractivity contribution in [1.82, 2.24) is 14.3 Å². The fraction of sp³-hybridized carbons (Fsp3) is 0.435. The van der Waals surface area contributed by atoms with Crippen LogP contribution >= 0.6 is 0 Å². The van der Waals surface area contributed by atoms with E-state index in [1.54, 1.807) is 0 Å². The summed E-state index contributed by atoms with van der Waals surface area (Å²) in [5, 5.41) is 7.19. The molecule has 6 nitrogen and oxygen atoms in total. The summed E-state index contributed by atoms with van der Waals surface area (Å²) in [6.45, 7) is 1.51. The van der Waals surface area contributed by atoms with Gasteiger partial charge in [0.25, 0.3) is 17.5 Å². The molecule has 1 atom stereocenters. The van der Waals surface area contributed by atoms with Gasteiger partial charge < -0.3 is 9.88 Å². The van der Waals surface area contributed by atoms with Gasteiger partial charge in [-0.1, -0.05) is 18.2 Å². The minimum Gasteiger partial charge on any atom is -0.361 e. The summed E-state index contributed by atoms with van der Waals surface area (Å²) >= 11 is 0. The first-order valence-corrected chi connectivity index (χ1v) is 10.8. The van der Waals surface area contributed by atoms with Gasteiger partial charge in [0.2, 0.25) is 0 Å². The van der Waals surface area contributed by atoms with E-state index in [-0.39, 0.29) is 41.4 Å². The Morgan fingerprint density at radius 2 is 1.71 bits per heavy atom. The molecule has 0 unspecified atom stereocenters. The van der Waals surface area contributed by atoms with Gasteiger partial charge in [0.05, 0.1) is 27.9 Å². The Morgan fingerprint density at radius 3 is 2.31 bits per heavy atom. The van der Waals surface area contributed by atoms with Crippen LogP contribution in [-0.4, -0.2) is 20.5 Å². The molecule has 0 radical (unpaired) electrons. The van der Waals surface area contributed by atoms with Crippen molar-refractivity contribution in [2.24, 2.45) is 12.5 Å². The van der Waals surface area contributed by atoms with Gasteiger partial charge in [-0.25, -0.2) is 17.9 Å². The summed E-state index contributed by atoms with van der Waals surface area (Å²) in [6, 6.07) is 3.80. The van der Waals surface area contributed by atoms with Crippen LogP contribution < -0.4 is 16.4 Å². The van der Waals surface area contributed by atoms with E-state index >= 15 is 0 Å². The van der Waals surface area contributed by atoms with Gasteiger partial charge in [-0.2, -0.15) is 18.3 Å². The molecule has 35 heavy (non-hydrogen) atoms. The topological polar surface area (TPSA) is 68.9 Å². The zero-order valence-electron chi connectivity index (χ0n) is 18.6. The Hall–Kier alpha value is -3.31. The maximum absolute atomic E-state index is 14.7. The molecule has 0 aliphatic heterocycles. The first-order chi connectivity index (χ1) is 16.3. The fourth-order valence-corrected chi connectivity index (χ4v) is 5.44. The third-order valence-electron chi connectivity index (χ3n) is 7.31. The predicted molar refractivity (Wildman–Crippen MR) is 115 cm³/mol. The monoisotopic (exact) mass is 498 g/mol. The number of nitrogens with one attached hydrogen (secondary N) is 1. The SMILES string of the molecule is C[C@@H](Nc1nn(C)c(=O)c2cc(=O)n(C34CC(C(F)(F)F)(C3)C4)cc12)c1cccc(C(F)F)c1F. The second-order valence-electron chi connectivity index (χ2n) is 9.54. The maximum Gasteiger partial charge on any atom is 0.394 e. The number of alkyl halides is 5. The number of anilines is 1. The molecule has 3 aromatic rings. The van der Waals surface area contributed by atoms with E-state index in [1.807, 2.05) is 0 Å². The summed E-state index contributed by atoms with van der Waals surface area (Å²) in [4.78, 5) is 25.4. The molecular weight excluding hydrogens is 478 g/mol. The van der Waals surface area contributed by atoms with Crippen molar-refractivity contribution in [1.29, 1.82) is 0 Å². The van der Waals surface area contributed by atoms with Crippen LogP contribution in [0.25, 0.3) is 10.8 Å². The highest BCUT2D eigenvalue weighted by Crippen LogP contribution is 2.76. The Morgan fingerprint density at radius 1 is 1.09 bits per heavy atom. The summed E-state index contributed by atoms with van der Waals surface area (Å²) in [6.07, 6.45) is -6.73. The van der Waals surface area contributed by atoms with E-state index in [0.29, 0.717) is 0 Å². The van der Waals surface area contributed by atoms with Gasteiger partial charge in [-0.3, -0.25) is 9.59 Å². The number of aromatic nitrogens is 3. The molecule has 2 bridgehead atoms. The molecule has 1 aromatic carbocycles. The van der Waals surface area contributed by atoms with Gasteiger partial charge in [0, 0.05) is 30.3 Å². The van der Waals surface area contributed by atoms with E-state index in [9.17, 15) is 35.9 Å². The van der Waals surface area contributed by atoms with E-state index < -0.39 is 52.1 Å². The van der Waals surface area contributed by atoms with E-state index in [1.165, 1.54) is 36.9 Å². The van der Waals surface area contributed by atoms with Crippen LogP contribution in [0.2, 0.25) is 0 Å². The molecule has 12 heteroatoms. The van der Waals surface area contributed by atoms with Crippen LogP contribution in [0.3, 0.4) is 0 Å². The van der Waals surface area contributed by atoms with Crippen LogP contribution in [0.4, 0.5) is 32.2 Å². The molecule has 1 N–H and O–H groups in total. The highest BCUT2D eigenvalue weighted by molar-refractivity contribution is 5.90. The number of hydrogen-bond donors (Lipinski definition) is 1. The van der Waals surface area contributed by atoms with Crippen molar-refractivity contribution in [2.45, 2.75) is 50.4 Å². The normalized spacial score (nSPS) is 24.3. The summed E-state index contributed by atoms with van der Waals surface area (Å²) in [5.41, 5.74) is -4.79. The van der Waals surface area contributed by atoms with Gasteiger partial charge >= 0.3 is 6.18 Å². The molecule has 2 heterocycles. The van der Waals surface area contributed by atoms with Gasteiger partial charge in [-0.05, 0) is 26.2 Å². The zero-order valence-corrected chi connectivity index (χ0v) is 18.6. The second kappa shape index (κ2) is 7.34. The van der Waals surface area contributed by atoms with Gasteiger partial charge in [0.15, 0.2) is 5.82 Å². The van der Waals surface area contributed by atoms with Crippen molar-refractivity contribution in [3.63, 3.8) is 0 Å². The number of hydrogen-bond acceptors (Lipinski definition) is 4. The van der Waals surface area contributed by atoms with Crippen LogP contribution in [0, 0.1) is 11.2 Å². The largest absolute Gasteiger partial charge is 0.394 e. The van der Waals surface area contributed by atoms with Crippen LogP contribution in [0.15, 0.2) is 40.1 Å². The molecular formula is C23H20F6N4O2. The lowest BCUT2D eigenvalue weighted by Crippen LogP contribution is -2.74. The molecule has 6 rings (SSSR count). The highest BCUT2D eigenvalue weighted by atomic mass is 19.4. The summed E-state index contributed by atoms with van der Waals surface area (Å²) < 4.78 is 83.0. The van der Waals surface area contributed by atoms with E-state index in [2.05, 4.69) is 10.4 Å². The quantitative estimate of drug-likeness (QED) is 0.514. The van der Waals surface area contributed by atoms with E-state index in [4.69, 9.17) is 0 Å². The molecule has 3 aliphatic rings. The third kappa shape index (κ3) is 3.29. The average Bonchev–Trinajstić information content (AvgIpc) is 2.69. The minimum atomic E-state index is -4.36. The summed E-state index contributed by atoms with van der Waals surface area (Å²) in [7, 11) is 1.34.